The van der Waals surface area contributed by atoms with Crippen molar-refractivity contribution < 1.29 is 9.18 Å². The Bertz CT molecular complexity index is 515. The number of rotatable bonds is 3. The number of halogens is 1. The highest BCUT2D eigenvalue weighted by Crippen LogP contribution is 2.35. The van der Waals surface area contributed by atoms with E-state index in [0.29, 0.717) is 29.4 Å². The number of hydrogen-bond acceptors (Lipinski definition) is 3. The summed E-state index contributed by atoms with van der Waals surface area (Å²) in [6.07, 6.45) is 1.32. The number of carbonyl (C=O) groups excluding carboxylic acids is 1. The van der Waals surface area contributed by atoms with Crippen LogP contribution in [0, 0.1) is 17.7 Å². The summed E-state index contributed by atoms with van der Waals surface area (Å²) < 4.78 is 13.9. The van der Waals surface area contributed by atoms with E-state index in [4.69, 9.17) is 5.73 Å². The second-order valence-electron chi connectivity index (χ2n) is 5.07. The molecule has 3 N–H and O–H groups in total. The van der Waals surface area contributed by atoms with Gasteiger partial charge in [0.1, 0.15) is 5.82 Å². The maximum Gasteiger partial charge on any atom is 0.211 e. The monoisotopic (exact) mass is 263 g/mol. The molecule has 1 aliphatic rings. The first-order valence-electron chi connectivity index (χ1n) is 6.35. The molecule has 3 unspecified atom stereocenters. The molecule has 1 heterocycles. The largest absolute Gasteiger partial charge is 0.387 e. The molecule has 3 atom stereocenters. The lowest BCUT2D eigenvalue weighted by atomic mass is 9.84. The normalized spacial score (nSPS) is 26.7. The summed E-state index contributed by atoms with van der Waals surface area (Å²) in [5.74, 6) is 0.817. The molecular formula is C14H18FN3O. The van der Waals surface area contributed by atoms with Gasteiger partial charge >= 0.3 is 0 Å². The summed E-state index contributed by atoms with van der Waals surface area (Å²) >= 11 is 0. The number of anilines is 1. The summed E-state index contributed by atoms with van der Waals surface area (Å²) in [6, 6.07) is 4.21. The minimum absolute atomic E-state index is 0.218. The molecule has 19 heavy (non-hydrogen) atoms. The van der Waals surface area contributed by atoms with Crippen molar-refractivity contribution in [1.82, 2.24) is 0 Å². The zero-order valence-corrected chi connectivity index (χ0v) is 11.1. The number of carbonyl (C=O) groups is 1. The highest BCUT2D eigenvalue weighted by Gasteiger charge is 2.28. The van der Waals surface area contributed by atoms with E-state index in [1.54, 1.807) is 6.07 Å². The van der Waals surface area contributed by atoms with E-state index in [2.05, 4.69) is 17.2 Å². The second kappa shape index (κ2) is 5.38. The minimum Gasteiger partial charge on any atom is -0.387 e. The van der Waals surface area contributed by atoms with Crippen molar-refractivity contribution in [1.29, 1.82) is 0 Å². The van der Waals surface area contributed by atoms with Gasteiger partial charge in [0.2, 0.25) is 6.41 Å². The molecule has 1 aromatic rings. The van der Waals surface area contributed by atoms with Crippen LogP contribution in [0.4, 0.5) is 10.1 Å². The molecule has 1 amide bonds. The van der Waals surface area contributed by atoms with Crippen molar-refractivity contribution in [2.45, 2.75) is 26.3 Å². The Morgan fingerprint density at radius 3 is 2.84 bits per heavy atom. The first kappa shape index (κ1) is 13.5. The summed E-state index contributed by atoms with van der Waals surface area (Å²) in [4.78, 5) is 14.8. The van der Waals surface area contributed by atoms with Gasteiger partial charge in [-0.15, -0.1) is 0 Å². The number of nitrogens with two attached hydrogens (primary N) is 1. The molecule has 0 radical (unpaired) electrons. The van der Waals surface area contributed by atoms with Crippen LogP contribution < -0.4 is 11.1 Å². The van der Waals surface area contributed by atoms with Crippen molar-refractivity contribution in [3.05, 3.63) is 29.6 Å². The molecule has 4 nitrogen and oxygen atoms in total. The molecule has 0 saturated heterocycles. The van der Waals surface area contributed by atoms with E-state index < -0.39 is 0 Å². The van der Waals surface area contributed by atoms with Gasteiger partial charge in [-0.1, -0.05) is 13.8 Å². The maximum absolute atomic E-state index is 13.9. The number of benzene rings is 1. The van der Waals surface area contributed by atoms with Crippen LogP contribution in [0.15, 0.2) is 23.2 Å². The van der Waals surface area contributed by atoms with Gasteiger partial charge in [-0.3, -0.25) is 9.79 Å². The van der Waals surface area contributed by atoms with E-state index in [1.807, 2.05) is 6.92 Å². The van der Waals surface area contributed by atoms with E-state index >= 15 is 0 Å². The highest BCUT2D eigenvalue weighted by atomic mass is 19.1. The van der Waals surface area contributed by atoms with E-state index in [-0.39, 0.29) is 17.8 Å². The molecule has 0 bridgehead atoms. The van der Waals surface area contributed by atoms with Crippen LogP contribution in [-0.4, -0.2) is 12.2 Å². The van der Waals surface area contributed by atoms with Gasteiger partial charge in [0, 0.05) is 17.2 Å². The summed E-state index contributed by atoms with van der Waals surface area (Å²) in [5, 5.41) is 2.52. The van der Waals surface area contributed by atoms with E-state index in [1.165, 1.54) is 12.1 Å². The molecule has 2 rings (SSSR count). The fourth-order valence-electron chi connectivity index (χ4n) is 2.35. The zero-order chi connectivity index (χ0) is 14.0. The van der Waals surface area contributed by atoms with Gasteiger partial charge in [0.15, 0.2) is 0 Å². The smallest absolute Gasteiger partial charge is 0.211 e. The van der Waals surface area contributed by atoms with E-state index in [0.717, 1.165) is 6.42 Å². The standard InChI is InChI=1S/C14H18FN3O/c1-8-5-13(18-14(16)9(8)2)11-6-10(17-7-19)3-4-12(11)15/h3-4,6-9,13H,5H2,1-2H3,(H2,16,18)(H,17,19). The third-order valence-corrected chi connectivity index (χ3v) is 3.80. The van der Waals surface area contributed by atoms with Gasteiger partial charge in [0.05, 0.1) is 11.9 Å². The Kier molecular flexibility index (Phi) is 3.83. The van der Waals surface area contributed by atoms with Gasteiger partial charge in [-0.05, 0) is 30.5 Å². The fraction of sp³-hybridized carbons (Fsp3) is 0.429. The number of hydrogen-bond donors (Lipinski definition) is 2. The SMILES string of the molecule is CC1CC(c2cc(NC=O)ccc2F)N=C(N)C1C. The van der Waals surface area contributed by atoms with Gasteiger partial charge < -0.3 is 11.1 Å². The fourth-order valence-corrected chi connectivity index (χ4v) is 2.35. The molecule has 0 saturated carbocycles. The maximum atomic E-state index is 13.9. The molecule has 5 heteroatoms. The number of nitrogens with one attached hydrogen (secondary N) is 1. The molecule has 102 valence electrons. The lowest BCUT2D eigenvalue weighted by molar-refractivity contribution is -0.105. The van der Waals surface area contributed by atoms with E-state index in [9.17, 15) is 9.18 Å². The predicted molar refractivity (Wildman–Crippen MR) is 73.4 cm³/mol. The Morgan fingerprint density at radius 1 is 1.47 bits per heavy atom. The lowest BCUT2D eigenvalue weighted by Crippen LogP contribution is -2.32. The van der Waals surface area contributed by atoms with Crippen LogP contribution in [0.3, 0.4) is 0 Å². The average Bonchev–Trinajstić information content (AvgIpc) is 2.38. The van der Waals surface area contributed by atoms with Crippen LogP contribution in [0.5, 0.6) is 0 Å². The van der Waals surface area contributed by atoms with Crippen LogP contribution >= 0.6 is 0 Å². The quantitative estimate of drug-likeness (QED) is 0.823. The summed E-state index contributed by atoms with van der Waals surface area (Å²) in [7, 11) is 0. The van der Waals surface area contributed by atoms with Gasteiger partial charge in [0.25, 0.3) is 0 Å². The van der Waals surface area contributed by atoms with Gasteiger partial charge in [-0.25, -0.2) is 4.39 Å². The van der Waals surface area contributed by atoms with Crippen LogP contribution in [0.2, 0.25) is 0 Å². The topological polar surface area (TPSA) is 67.5 Å². The van der Waals surface area contributed by atoms with Crippen molar-refractivity contribution in [2.75, 3.05) is 5.32 Å². The average molecular weight is 263 g/mol. The third kappa shape index (κ3) is 2.75. The molecule has 1 aromatic carbocycles. The zero-order valence-electron chi connectivity index (χ0n) is 11.1. The molecule has 0 aliphatic carbocycles. The molecule has 1 aliphatic heterocycles. The van der Waals surface area contributed by atoms with Crippen LogP contribution in [0.25, 0.3) is 0 Å². The Labute approximate surface area is 111 Å². The number of nitrogens with zero attached hydrogens (tertiary/aromatic N) is 1. The highest BCUT2D eigenvalue weighted by molar-refractivity contribution is 5.83. The molecular weight excluding hydrogens is 245 g/mol. The second-order valence-corrected chi connectivity index (χ2v) is 5.07. The first-order valence-corrected chi connectivity index (χ1v) is 6.35. The lowest BCUT2D eigenvalue weighted by Gasteiger charge is -2.29. The molecule has 0 fully saturated rings. The van der Waals surface area contributed by atoms with Crippen molar-refractivity contribution in [3.63, 3.8) is 0 Å². The predicted octanol–water partition coefficient (Wildman–Crippen LogP) is 2.47. The Balaban J connectivity index is 2.36. The van der Waals surface area contributed by atoms with Crippen molar-refractivity contribution >= 4 is 17.9 Å². The molecule has 0 aromatic heterocycles. The van der Waals surface area contributed by atoms with Crippen LogP contribution in [0.1, 0.15) is 31.9 Å². The molecule has 0 spiro atoms. The van der Waals surface area contributed by atoms with Crippen LogP contribution in [-0.2, 0) is 4.79 Å². The van der Waals surface area contributed by atoms with Gasteiger partial charge in [-0.2, -0.15) is 0 Å². The Hall–Kier alpha value is -1.91. The van der Waals surface area contributed by atoms with Crippen molar-refractivity contribution in [3.8, 4) is 0 Å². The number of amidine groups is 1. The summed E-state index contributed by atoms with van der Waals surface area (Å²) in [5.41, 5.74) is 6.94. The number of amides is 1. The Morgan fingerprint density at radius 2 is 2.21 bits per heavy atom. The minimum atomic E-state index is -0.320. The van der Waals surface area contributed by atoms with Crippen molar-refractivity contribution in [2.24, 2.45) is 22.6 Å². The first-order chi connectivity index (χ1) is 9.02. The number of aliphatic imine (C=N–C) groups is 1. The summed E-state index contributed by atoms with van der Waals surface area (Å²) in [6.45, 7) is 4.12. The third-order valence-electron chi connectivity index (χ3n) is 3.80.